The van der Waals surface area contributed by atoms with E-state index in [0.717, 1.165) is 82.8 Å². The van der Waals surface area contributed by atoms with Gasteiger partial charge in [0.2, 0.25) is 0 Å². The quantitative estimate of drug-likeness (QED) is 0.256. The average Bonchev–Trinajstić information content (AvgIpc) is 3.82. The number of aromatic amines is 2. The van der Waals surface area contributed by atoms with Crippen LogP contribution < -0.4 is 0 Å². The van der Waals surface area contributed by atoms with Crippen molar-refractivity contribution in [3.8, 4) is 0 Å². The summed E-state index contributed by atoms with van der Waals surface area (Å²) in [7, 11) is 0. The van der Waals surface area contributed by atoms with Crippen molar-refractivity contribution in [1.82, 2.24) is 29.7 Å². The lowest BCUT2D eigenvalue weighted by Gasteiger charge is -2.31. The van der Waals surface area contributed by atoms with Crippen molar-refractivity contribution in [3.05, 3.63) is 96.0 Å². The number of nitrogens with one attached hydrogen (secondary N) is 2. The van der Waals surface area contributed by atoms with E-state index in [1.54, 1.807) is 18.9 Å². The molecule has 0 unspecified atom stereocenters. The van der Waals surface area contributed by atoms with Gasteiger partial charge in [-0.15, -0.1) is 0 Å². The lowest BCUT2D eigenvalue weighted by atomic mass is 10.1. The number of hydrogen-bond acceptors (Lipinski definition) is 7. The van der Waals surface area contributed by atoms with Gasteiger partial charge in [0.1, 0.15) is 0 Å². The zero-order chi connectivity index (χ0) is 28.1. The maximum absolute atomic E-state index is 5.96. The van der Waals surface area contributed by atoms with Gasteiger partial charge in [-0.3, -0.25) is 9.80 Å². The molecule has 6 rings (SSSR count). The highest BCUT2D eigenvalue weighted by atomic mass is 16.5. The van der Waals surface area contributed by atoms with Gasteiger partial charge in [0.05, 0.1) is 74.4 Å². The molecular weight excluding hydrogens is 516 g/mol. The van der Waals surface area contributed by atoms with Gasteiger partial charge in [-0.1, -0.05) is 31.2 Å². The number of hydrogen-bond donors (Lipinski definition) is 2. The first-order chi connectivity index (χ1) is 20.2. The van der Waals surface area contributed by atoms with Crippen LogP contribution in [0.25, 0.3) is 0 Å². The SMILES string of the molecule is CCc1ccc(CN2CCC(OCc3cnc[nH]3)CC2)cc1.c1ncc(COC2CCN(Cc3ccoc3)CC2)[nH]1. The predicted molar refractivity (Wildman–Crippen MR) is 158 cm³/mol. The first-order valence-corrected chi connectivity index (χ1v) is 14.9. The Morgan fingerprint density at radius 3 is 1.68 bits per heavy atom. The maximum atomic E-state index is 5.96. The molecule has 9 heteroatoms. The molecule has 220 valence electrons. The summed E-state index contributed by atoms with van der Waals surface area (Å²) >= 11 is 0. The van der Waals surface area contributed by atoms with E-state index in [4.69, 9.17) is 13.9 Å². The Kier molecular flexibility index (Phi) is 11.2. The third-order valence-corrected chi connectivity index (χ3v) is 7.95. The Morgan fingerprint density at radius 1 is 0.732 bits per heavy atom. The van der Waals surface area contributed by atoms with Crippen molar-refractivity contribution < 1.29 is 13.9 Å². The number of benzene rings is 1. The molecule has 1 aromatic carbocycles. The minimum absolute atomic E-state index is 0.365. The molecule has 2 aliphatic rings. The van der Waals surface area contributed by atoms with E-state index in [9.17, 15) is 0 Å². The zero-order valence-corrected chi connectivity index (χ0v) is 24.2. The fourth-order valence-electron chi connectivity index (χ4n) is 5.39. The lowest BCUT2D eigenvalue weighted by Crippen LogP contribution is -2.36. The van der Waals surface area contributed by atoms with Crippen LogP contribution in [0.2, 0.25) is 0 Å². The van der Waals surface area contributed by atoms with E-state index in [1.807, 2.05) is 24.7 Å². The second kappa shape index (κ2) is 15.7. The number of piperidine rings is 2. The number of ether oxygens (including phenoxy) is 2. The van der Waals surface area contributed by atoms with Crippen LogP contribution in [0, 0.1) is 0 Å². The molecule has 0 amide bonds. The van der Waals surface area contributed by atoms with Gasteiger partial charge < -0.3 is 23.9 Å². The number of aromatic nitrogens is 4. The normalized spacial score (nSPS) is 17.4. The molecule has 0 saturated carbocycles. The molecule has 3 aromatic heterocycles. The van der Waals surface area contributed by atoms with Gasteiger partial charge in [0.15, 0.2) is 0 Å². The summed E-state index contributed by atoms with van der Waals surface area (Å²) in [6.45, 7) is 9.89. The van der Waals surface area contributed by atoms with E-state index in [0.29, 0.717) is 25.4 Å². The molecule has 4 aromatic rings. The highest BCUT2D eigenvalue weighted by Crippen LogP contribution is 2.19. The molecule has 9 nitrogen and oxygen atoms in total. The van der Waals surface area contributed by atoms with Crippen LogP contribution in [-0.4, -0.2) is 68.1 Å². The van der Waals surface area contributed by atoms with Crippen LogP contribution in [0.3, 0.4) is 0 Å². The number of nitrogens with zero attached hydrogens (tertiary/aromatic N) is 4. The summed E-state index contributed by atoms with van der Waals surface area (Å²) < 4.78 is 16.9. The molecule has 5 heterocycles. The summed E-state index contributed by atoms with van der Waals surface area (Å²) in [4.78, 5) is 19.1. The fraction of sp³-hybridized carbons (Fsp3) is 0.500. The Balaban J connectivity index is 0.000000166. The molecule has 0 bridgehead atoms. The van der Waals surface area contributed by atoms with Gasteiger partial charge in [-0.05, 0) is 49.3 Å². The fourth-order valence-corrected chi connectivity index (χ4v) is 5.39. The minimum Gasteiger partial charge on any atom is -0.472 e. The molecule has 2 fully saturated rings. The molecular formula is C32H44N6O3. The highest BCUT2D eigenvalue weighted by molar-refractivity contribution is 5.22. The summed E-state index contributed by atoms with van der Waals surface area (Å²) in [5.74, 6) is 0. The van der Waals surface area contributed by atoms with Crippen molar-refractivity contribution in [2.45, 2.75) is 77.5 Å². The smallest absolute Gasteiger partial charge is 0.0947 e. The summed E-state index contributed by atoms with van der Waals surface area (Å²) in [6.07, 6.45) is 16.8. The van der Waals surface area contributed by atoms with E-state index >= 15 is 0 Å². The van der Waals surface area contributed by atoms with Crippen molar-refractivity contribution in [1.29, 1.82) is 0 Å². The molecule has 2 aliphatic heterocycles. The highest BCUT2D eigenvalue weighted by Gasteiger charge is 2.21. The molecule has 2 N–H and O–H groups in total. The first-order valence-electron chi connectivity index (χ1n) is 14.9. The molecule has 41 heavy (non-hydrogen) atoms. The Bertz CT molecular complexity index is 1200. The minimum atomic E-state index is 0.365. The predicted octanol–water partition coefficient (Wildman–Crippen LogP) is 5.34. The van der Waals surface area contributed by atoms with E-state index in [1.165, 1.54) is 16.7 Å². The number of imidazole rings is 2. The van der Waals surface area contributed by atoms with Crippen molar-refractivity contribution in [2.75, 3.05) is 26.2 Å². The molecule has 0 spiro atoms. The van der Waals surface area contributed by atoms with Crippen LogP contribution >= 0.6 is 0 Å². The summed E-state index contributed by atoms with van der Waals surface area (Å²) in [6, 6.07) is 11.0. The molecule has 0 atom stereocenters. The Hall–Kier alpha value is -3.24. The van der Waals surface area contributed by atoms with Crippen LogP contribution in [0.15, 0.2) is 72.3 Å². The van der Waals surface area contributed by atoms with Crippen LogP contribution in [0.5, 0.6) is 0 Å². The Morgan fingerprint density at radius 2 is 1.24 bits per heavy atom. The third-order valence-electron chi connectivity index (χ3n) is 7.95. The van der Waals surface area contributed by atoms with Gasteiger partial charge in [0, 0.05) is 44.8 Å². The van der Waals surface area contributed by atoms with E-state index < -0.39 is 0 Å². The molecule has 0 radical (unpaired) electrons. The number of furan rings is 1. The topological polar surface area (TPSA) is 95.4 Å². The Labute approximate surface area is 243 Å². The maximum Gasteiger partial charge on any atom is 0.0947 e. The van der Waals surface area contributed by atoms with Gasteiger partial charge >= 0.3 is 0 Å². The van der Waals surface area contributed by atoms with E-state index in [2.05, 4.69) is 60.9 Å². The van der Waals surface area contributed by atoms with Crippen molar-refractivity contribution in [2.24, 2.45) is 0 Å². The van der Waals surface area contributed by atoms with Crippen LogP contribution in [0.4, 0.5) is 0 Å². The zero-order valence-electron chi connectivity index (χ0n) is 24.2. The van der Waals surface area contributed by atoms with Gasteiger partial charge in [-0.25, -0.2) is 9.97 Å². The second-order valence-corrected chi connectivity index (χ2v) is 11.0. The van der Waals surface area contributed by atoms with Crippen LogP contribution in [-0.2, 0) is 42.2 Å². The van der Waals surface area contributed by atoms with Crippen molar-refractivity contribution >= 4 is 0 Å². The van der Waals surface area contributed by atoms with Crippen LogP contribution in [0.1, 0.15) is 60.7 Å². The molecule has 2 saturated heterocycles. The first kappa shape index (κ1) is 29.3. The third kappa shape index (κ3) is 9.67. The van der Waals surface area contributed by atoms with E-state index in [-0.39, 0.29) is 0 Å². The lowest BCUT2D eigenvalue weighted by molar-refractivity contribution is -0.00519. The number of H-pyrrole nitrogens is 2. The van der Waals surface area contributed by atoms with Gasteiger partial charge in [0.25, 0.3) is 0 Å². The summed E-state index contributed by atoms with van der Waals surface area (Å²) in [5, 5.41) is 0. The monoisotopic (exact) mass is 560 g/mol. The second-order valence-electron chi connectivity index (χ2n) is 11.0. The number of rotatable bonds is 11. The van der Waals surface area contributed by atoms with Crippen molar-refractivity contribution in [3.63, 3.8) is 0 Å². The number of likely N-dealkylation sites (tertiary alicyclic amines) is 2. The average molecular weight is 561 g/mol. The van der Waals surface area contributed by atoms with Gasteiger partial charge in [-0.2, -0.15) is 0 Å². The molecule has 0 aliphatic carbocycles. The number of aryl methyl sites for hydroxylation is 1. The largest absolute Gasteiger partial charge is 0.472 e. The summed E-state index contributed by atoms with van der Waals surface area (Å²) in [5.41, 5.74) is 6.17. The standard InChI is InChI=1S/C18H25N3O.C14H19N3O2/c1-2-15-3-5-16(6-4-15)12-21-9-7-18(8-10-21)22-13-17-11-19-14-20-17;1-4-17(8-12-3-6-18-9-12)5-2-14(1)19-10-13-7-15-11-16-13/h3-6,11,14,18H,2,7-10,12-13H2,1H3,(H,19,20);3,6-7,9,11,14H,1-2,4-5,8,10H2,(H,15,16).